The summed E-state index contributed by atoms with van der Waals surface area (Å²) >= 11 is 0. The molecule has 0 aliphatic heterocycles. The van der Waals surface area contributed by atoms with Gasteiger partial charge in [-0.2, -0.15) is 0 Å². The number of rotatable bonds is 0. The molecule has 1 fully saturated rings. The molecule has 3 rings (SSSR count). The summed E-state index contributed by atoms with van der Waals surface area (Å²) in [5.41, 5.74) is 5.42. The molecule has 0 aromatic heterocycles. The molecule has 0 bridgehead atoms. The average molecular weight is 533 g/mol. The van der Waals surface area contributed by atoms with Gasteiger partial charge in [0, 0.05) is 17.4 Å². The van der Waals surface area contributed by atoms with E-state index in [-0.39, 0.29) is 40.6 Å². The van der Waals surface area contributed by atoms with Gasteiger partial charge in [-0.25, -0.2) is 0 Å². The molecule has 0 radical (unpaired) electrons. The summed E-state index contributed by atoms with van der Waals surface area (Å²) in [5.74, 6) is 0.793. The van der Waals surface area contributed by atoms with Crippen molar-refractivity contribution >= 4 is 21.6 Å². The molecule has 0 heterocycles. The number of aryl methyl sites for hydroxylation is 2. The number of aromatic hydroxyl groups is 2. The third-order valence-corrected chi connectivity index (χ3v) is 6.24. The second-order valence-corrected chi connectivity index (χ2v) is 11.9. The van der Waals surface area contributed by atoms with Gasteiger partial charge < -0.3 is 10.2 Å². The van der Waals surface area contributed by atoms with E-state index in [0.29, 0.717) is 11.5 Å². The van der Waals surface area contributed by atoms with Crippen molar-refractivity contribution in [1.29, 1.82) is 0 Å². The maximum absolute atomic E-state index is 9.57. The number of phenols is 2. The van der Waals surface area contributed by atoms with Crippen LogP contribution >= 0.6 is 21.6 Å². The summed E-state index contributed by atoms with van der Waals surface area (Å²) in [7, 11) is 2.91. The maximum atomic E-state index is 9.57. The van der Waals surface area contributed by atoms with Crippen LogP contribution in [0.3, 0.4) is 0 Å². The van der Waals surface area contributed by atoms with Gasteiger partial charge in [0.2, 0.25) is 0 Å². The van der Waals surface area contributed by atoms with E-state index in [1.165, 1.54) is 43.2 Å². The summed E-state index contributed by atoms with van der Waals surface area (Å²) < 4.78 is 0. The SMILES string of the molecule is Cc1ccc(O)c(C(C)(C)C)c1.Cc1ccc(O)c(C(C)(C)C)c1.Cl.PC1CCCCC1.[Cr]. The molecule has 0 spiro atoms. The van der Waals surface area contributed by atoms with Gasteiger partial charge in [-0.3, -0.25) is 0 Å². The molecule has 1 saturated carbocycles. The topological polar surface area (TPSA) is 40.5 Å². The minimum Gasteiger partial charge on any atom is -0.508 e. The summed E-state index contributed by atoms with van der Waals surface area (Å²) in [4.78, 5) is 0. The first-order valence-electron chi connectivity index (χ1n) is 11.6. The predicted octanol–water partition coefficient (Wildman–Crippen LogP) is 8.61. The average Bonchev–Trinajstić information content (AvgIpc) is 2.66. The third kappa shape index (κ3) is 13.1. The first-order valence-corrected chi connectivity index (χ1v) is 12.2. The normalized spacial score (nSPS) is 13.8. The molecule has 1 aliphatic carbocycles. The number of halogens is 1. The van der Waals surface area contributed by atoms with E-state index in [0.717, 1.165) is 16.8 Å². The van der Waals surface area contributed by atoms with Crippen LogP contribution < -0.4 is 0 Å². The smallest absolute Gasteiger partial charge is 0.119 e. The van der Waals surface area contributed by atoms with Crippen molar-refractivity contribution in [2.45, 2.75) is 104 Å². The van der Waals surface area contributed by atoms with E-state index >= 15 is 0 Å². The van der Waals surface area contributed by atoms with Crippen molar-refractivity contribution in [2.75, 3.05) is 0 Å². The monoisotopic (exact) mass is 532 g/mol. The fourth-order valence-corrected chi connectivity index (χ4v) is 4.11. The quantitative estimate of drug-likeness (QED) is 0.333. The summed E-state index contributed by atoms with van der Waals surface area (Å²) in [6, 6.07) is 11.4. The summed E-state index contributed by atoms with van der Waals surface area (Å²) in [6.07, 6.45) is 7.31. The van der Waals surface area contributed by atoms with Crippen molar-refractivity contribution in [3.05, 3.63) is 58.7 Å². The fraction of sp³-hybridized carbons (Fsp3) is 0.571. The third-order valence-electron chi connectivity index (χ3n) is 5.57. The van der Waals surface area contributed by atoms with E-state index in [9.17, 15) is 10.2 Å². The molecule has 188 valence electrons. The van der Waals surface area contributed by atoms with E-state index in [2.05, 4.69) is 50.8 Å². The van der Waals surface area contributed by atoms with Crippen molar-refractivity contribution in [3.63, 3.8) is 0 Å². The first-order chi connectivity index (χ1) is 14.2. The van der Waals surface area contributed by atoms with E-state index in [4.69, 9.17) is 0 Å². The second-order valence-electron chi connectivity index (χ2n) is 10.9. The molecule has 2 aromatic carbocycles. The van der Waals surface area contributed by atoms with Gasteiger partial charge in [-0.05, 0) is 66.4 Å². The zero-order valence-corrected chi connectivity index (χ0v) is 25.1. The zero-order valence-electron chi connectivity index (χ0n) is 21.9. The van der Waals surface area contributed by atoms with Gasteiger partial charge in [-0.15, -0.1) is 21.6 Å². The van der Waals surface area contributed by atoms with Gasteiger partial charge in [-0.1, -0.05) is 96.2 Å². The Morgan fingerprint density at radius 3 is 1.24 bits per heavy atom. The van der Waals surface area contributed by atoms with Crippen LogP contribution in [0.15, 0.2) is 36.4 Å². The van der Waals surface area contributed by atoms with Crippen molar-refractivity contribution in [3.8, 4) is 11.5 Å². The van der Waals surface area contributed by atoms with Crippen LogP contribution in [0.25, 0.3) is 0 Å². The van der Waals surface area contributed by atoms with Gasteiger partial charge in [0.25, 0.3) is 0 Å². The van der Waals surface area contributed by atoms with E-state index in [1.54, 1.807) is 12.1 Å². The van der Waals surface area contributed by atoms with Crippen LogP contribution in [0.4, 0.5) is 0 Å². The Morgan fingerprint density at radius 2 is 1.03 bits per heavy atom. The Hall–Kier alpha value is -0.708. The Balaban J connectivity index is 0. The fourth-order valence-electron chi connectivity index (χ4n) is 3.64. The van der Waals surface area contributed by atoms with E-state index in [1.807, 2.05) is 38.1 Å². The standard InChI is InChI=1S/2C11H16O.C6H13P.ClH.Cr/c2*1-8-5-6-10(12)9(7-8)11(2,3)4;7-6-4-2-1-3-5-6;;/h2*5-7,12H,1-4H3;6H,1-5,7H2;1H;. The van der Waals surface area contributed by atoms with Gasteiger partial charge in [0.05, 0.1) is 0 Å². The largest absolute Gasteiger partial charge is 0.508 e. The molecule has 2 N–H and O–H groups in total. The second kappa shape index (κ2) is 15.3. The van der Waals surface area contributed by atoms with Crippen LogP contribution in [0.1, 0.15) is 95.9 Å². The van der Waals surface area contributed by atoms with Crippen molar-refractivity contribution < 1.29 is 27.6 Å². The van der Waals surface area contributed by atoms with Gasteiger partial charge in [0.15, 0.2) is 0 Å². The number of benzene rings is 2. The Labute approximate surface area is 222 Å². The van der Waals surface area contributed by atoms with Gasteiger partial charge >= 0.3 is 0 Å². The molecule has 1 unspecified atom stereocenters. The molecule has 33 heavy (non-hydrogen) atoms. The molecule has 2 nitrogen and oxygen atoms in total. The summed E-state index contributed by atoms with van der Waals surface area (Å²) in [5, 5.41) is 19.1. The number of phenolic OH excluding ortho intramolecular Hbond substituents is 2. The van der Waals surface area contributed by atoms with Crippen LogP contribution in [0.2, 0.25) is 0 Å². The minimum atomic E-state index is 0. The minimum absolute atomic E-state index is 0. The van der Waals surface area contributed by atoms with Crippen LogP contribution in [0, 0.1) is 13.8 Å². The van der Waals surface area contributed by atoms with Crippen LogP contribution in [-0.4, -0.2) is 15.9 Å². The number of hydrogen-bond donors (Lipinski definition) is 2. The zero-order chi connectivity index (χ0) is 23.8. The van der Waals surface area contributed by atoms with Crippen LogP contribution in [0.5, 0.6) is 11.5 Å². The van der Waals surface area contributed by atoms with Gasteiger partial charge in [0.1, 0.15) is 11.5 Å². The van der Waals surface area contributed by atoms with E-state index < -0.39 is 0 Å². The van der Waals surface area contributed by atoms with Crippen molar-refractivity contribution in [1.82, 2.24) is 0 Å². The molecule has 5 heteroatoms. The Bertz CT molecular complexity index is 758. The molecule has 0 saturated heterocycles. The first kappa shape index (κ1) is 34.5. The number of hydrogen-bond acceptors (Lipinski definition) is 2. The molecule has 1 aliphatic rings. The maximum Gasteiger partial charge on any atom is 0.119 e. The molecule has 1 atom stereocenters. The molecular formula is C28H46ClCrO2P. The molecule has 2 aromatic rings. The molecule has 0 amide bonds. The summed E-state index contributed by atoms with van der Waals surface area (Å²) in [6.45, 7) is 16.7. The molecular weight excluding hydrogens is 487 g/mol. The van der Waals surface area contributed by atoms with Crippen LogP contribution in [-0.2, 0) is 28.2 Å². The Kier molecular flexibility index (Phi) is 16.0. The Morgan fingerprint density at radius 1 is 0.697 bits per heavy atom. The predicted molar refractivity (Wildman–Crippen MR) is 147 cm³/mol. The van der Waals surface area contributed by atoms with Crippen molar-refractivity contribution in [2.24, 2.45) is 0 Å².